The Morgan fingerprint density at radius 2 is 1.91 bits per heavy atom. The van der Waals surface area contributed by atoms with E-state index in [0.717, 1.165) is 24.5 Å². The fourth-order valence-corrected chi connectivity index (χ4v) is 3.94. The van der Waals surface area contributed by atoms with E-state index in [9.17, 15) is 9.59 Å². The van der Waals surface area contributed by atoms with Crippen molar-refractivity contribution in [2.75, 3.05) is 11.9 Å². The lowest BCUT2D eigenvalue weighted by Gasteiger charge is -2.21. The Morgan fingerprint density at radius 1 is 1.12 bits per heavy atom. The van der Waals surface area contributed by atoms with Gasteiger partial charge < -0.3 is 15.0 Å². The fourth-order valence-electron chi connectivity index (χ4n) is 3.94. The van der Waals surface area contributed by atoms with Crippen LogP contribution >= 0.6 is 0 Å². The van der Waals surface area contributed by atoms with E-state index in [1.54, 1.807) is 36.5 Å². The molecule has 32 heavy (non-hydrogen) atoms. The standard InChI is InChI=1S/C25H28N4O3/c1-2-20-13-22(28-16-27-20)19-12-23(25(31)26-14-19)29-24(30)18-8-10-21(11-9-18)32-15-17-6-4-3-5-7-17/h8-14,16-17H,2-7,15H2,1H3,(H,26,31)(H,29,30). The smallest absolute Gasteiger partial charge is 0.271 e. The van der Waals surface area contributed by atoms with Crippen LogP contribution in [0.25, 0.3) is 11.3 Å². The molecule has 1 saturated carbocycles. The molecule has 2 N–H and O–H groups in total. The predicted octanol–water partition coefficient (Wildman–Crippen LogP) is 4.61. The number of hydrogen-bond donors (Lipinski definition) is 2. The number of ether oxygens (including phenoxy) is 1. The number of amides is 1. The van der Waals surface area contributed by atoms with Gasteiger partial charge in [-0.25, -0.2) is 9.97 Å². The number of anilines is 1. The molecule has 0 aliphatic heterocycles. The number of carbonyl (C=O) groups excluding carboxylic acids is 1. The first-order chi connectivity index (χ1) is 15.6. The summed E-state index contributed by atoms with van der Waals surface area (Å²) in [6.07, 6.45) is 10.2. The van der Waals surface area contributed by atoms with Crippen molar-refractivity contribution in [2.24, 2.45) is 5.92 Å². The second kappa shape index (κ2) is 10.2. The molecule has 7 nitrogen and oxygen atoms in total. The van der Waals surface area contributed by atoms with Gasteiger partial charge in [-0.2, -0.15) is 0 Å². The van der Waals surface area contributed by atoms with Gasteiger partial charge in [-0.1, -0.05) is 26.2 Å². The SMILES string of the molecule is CCc1cc(-c2c[nH]c(=O)c(NC(=O)c3ccc(OCC4CCCCC4)cc3)c2)ncn1. The van der Waals surface area contributed by atoms with Crippen molar-refractivity contribution < 1.29 is 9.53 Å². The molecular formula is C25H28N4O3. The number of rotatable bonds is 7. The van der Waals surface area contributed by atoms with E-state index in [-0.39, 0.29) is 17.2 Å². The quantitative estimate of drug-likeness (QED) is 0.568. The van der Waals surface area contributed by atoms with E-state index < -0.39 is 0 Å². The van der Waals surface area contributed by atoms with E-state index in [1.807, 2.05) is 13.0 Å². The second-order valence-electron chi connectivity index (χ2n) is 8.17. The maximum atomic E-state index is 12.7. The van der Waals surface area contributed by atoms with Gasteiger partial charge in [0.15, 0.2) is 0 Å². The van der Waals surface area contributed by atoms with Crippen molar-refractivity contribution in [1.82, 2.24) is 15.0 Å². The van der Waals surface area contributed by atoms with Crippen LogP contribution in [0.4, 0.5) is 5.69 Å². The molecule has 0 unspecified atom stereocenters. The Kier molecular flexibility index (Phi) is 6.94. The van der Waals surface area contributed by atoms with Crippen LogP contribution in [-0.2, 0) is 6.42 Å². The van der Waals surface area contributed by atoms with E-state index in [0.29, 0.717) is 22.7 Å². The first-order valence-corrected chi connectivity index (χ1v) is 11.2. The van der Waals surface area contributed by atoms with Crippen molar-refractivity contribution >= 4 is 11.6 Å². The molecule has 4 rings (SSSR count). The maximum absolute atomic E-state index is 12.7. The largest absolute Gasteiger partial charge is 0.493 e. The molecular weight excluding hydrogens is 404 g/mol. The molecule has 3 aromatic rings. The summed E-state index contributed by atoms with van der Waals surface area (Å²) in [6, 6.07) is 10.5. The van der Waals surface area contributed by atoms with Gasteiger partial charge >= 0.3 is 0 Å². The first kappa shape index (κ1) is 21.7. The highest BCUT2D eigenvalue weighted by Crippen LogP contribution is 2.25. The zero-order valence-electron chi connectivity index (χ0n) is 18.3. The van der Waals surface area contributed by atoms with E-state index in [2.05, 4.69) is 20.3 Å². The highest BCUT2D eigenvalue weighted by atomic mass is 16.5. The first-order valence-electron chi connectivity index (χ1n) is 11.2. The van der Waals surface area contributed by atoms with Crippen molar-refractivity contribution in [2.45, 2.75) is 45.4 Å². The summed E-state index contributed by atoms with van der Waals surface area (Å²) < 4.78 is 5.90. The number of aromatic nitrogens is 3. The van der Waals surface area contributed by atoms with Crippen LogP contribution in [0.5, 0.6) is 5.75 Å². The number of benzene rings is 1. The maximum Gasteiger partial charge on any atom is 0.271 e. The number of hydrogen-bond acceptors (Lipinski definition) is 5. The second-order valence-corrected chi connectivity index (χ2v) is 8.17. The minimum atomic E-state index is -0.376. The summed E-state index contributed by atoms with van der Waals surface area (Å²) in [6.45, 7) is 2.73. The number of nitrogens with one attached hydrogen (secondary N) is 2. The third-order valence-electron chi connectivity index (χ3n) is 5.86. The Balaban J connectivity index is 1.42. The van der Waals surface area contributed by atoms with Crippen molar-refractivity contribution in [3.63, 3.8) is 0 Å². The van der Waals surface area contributed by atoms with E-state index in [4.69, 9.17) is 4.74 Å². The molecule has 166 valence electrons. The van der Waals surface area contributed by atoms with Gasteiger partial charge in [-0.05, 0) is 61.6 Å². The van der Waals surface area contributed by atoms with E-state index >= 15 is 0 Å². The summed E-state index contributed by atoms with van der Waals surface area (Å²) in [5.74, 6) is 1.01. The lowest BCUT2D eigenvalue weighted by Crippen LogP contribution is -2.20. The molecule has 1 aliphatic rings. The van der Waals surface area contributed by atoms with Crippen molar-refractivity contribution in [3.05, 3.63) is 70.5 Å². The van der Waals surface area contributed by atoms with Gasteiger partial charge in [0.2, 0.25) is 0 Å². The molecule has 2 heterocycles. The van der Waals surface area contributed by atoms with Crippen molar-refractivity contribution in [1.29, 1.82) is 0 Å². The van der Waals surface area contributed by atoms with Crippen LogP contribution in [0.15, 0.2) is 53.7 Å². The highest BCUT2D eigenvalue weighted by Gasteiger charge is 2.15. The van der Waals surface area contributed by atoms with Crippen molar-refractivity contribution in [3.8, 4) is 17.0 Å². The van der Waals surface area contributed by atoms with Gasteiger partial charge in [0.1, 0.15) is 17.8 Å². The summed E-state index contributed by atoms with van der Waals surface area (Å²) in [5, 5.41) is 2.70. The minimum Gasteiger partial charge on any atom is -0.493 e. The van der Waals surface area contributed by atoms with Gasteiger partial charge in [0.05, 0.1) is 12.3 Å². The molecule has 1 aliphatic carbocycles. The molecule has 2 aromatic heterocycles. The average Bonchev–Trinajstić information content (AvgIpc) is 2.85. The molecule has 0 bridgehead atoms. The topological polar surface area (TPSA) is 97.0 Å². The molecule has 1 aromatic carbocycles. The van der Waals surface area contributed by atoms with E-state index in [1.165, 1.54) is 38.4 Å². The molecule has 1 amide bonds. The van der Waals surface area contributed by atoms with Crippen LogP contribution < -0.4 is 15.6 Å². The molecule has 0 spiro atoms. The van der Waals surface area contributed by atoms with Crippen LogP contribution in [0.2, 0.25) is 0 Å². The Bertz CT molecular complexity index is 1120. The predicted molar refractivity (Wildman–Crippen MR) is 124 cm³/mol. The third kappa shape index (κ3) is 5.41. The zero-order chi connectivity index (χ0) is 22.3. The van der Waals surface area contributed by atoms with Gasteiger partial charge in [0.25, 0.3) is 11.5 Å². The molecule has 7 heteroatoms. The van der Waals surface area contributed by atoms with Gasteiger partial charge in [0, 0.05) is 23.0 Å². The number of H-pyrrole nitrogens is 1. The van der Waals surface area contributed by atoms with Gasteiger partial charge in [-0.3, -0.25) is 9.59 Å². The molecule has 0 atom stereocenters. The zero-order valence-corrected chi connectivity index (χ0v) is 18.3. The number of aryl methyl sites for hydroxylation is 1. The molecule has 1 fully saturated rings. The Hall–Kier alpha value is -3.48. The lowest BCUT2D eigenvalue weighted by atomic mass is 9.90. The average molecular weight is 433 g/mol. The van der Waals surface area contributed by atoms with Gasteiger partial charge in [-0.15, -0.1) is 0 Å². The number of pyridine rings is 1. The highest BCUT2D eigenvalue weighted by molar-refractivity contribution is 6.04. The molecule has 0 saturated heterocycles. The monoisotopic (exact) mass is 432 g/mol. The Morgan fingerprint density at radius 3 is 2.66 bits per heavy atom. The van der Waals surface area contributed by atoms with Crippen LogP contribution in [0, 0.1) is 5.92 Å². The minimum absolute atomic E-state index is 0.168. The summed E-state index contributed by atoms with van der Waals surface area (Å²) in [5.41, 5.74) is 2.53. The number of aromatic amines is 1. The summed E-state index contributed by atoms with van der Waals surface area (Å²) in [4.78, 5) is 36.1. The normalized spacial score (nSPS) is 14.2. The fraction of sp³-hybridized carbons (Fsp3) is 0.360. The lowest BCUT2D eigenvalue weighted by molar-refractivity contribution is 0.102. The number of nitrogens with zero attached hydrogens (tertiary/aromatic N) is 2. The molecule has 0 radical (unpaired) electrons. The van der Waals surface area contributed by atoms with Crippen LogP contribution in [0.1, 0.15) is 55.1 Å². The summed E-state index contributed by atoms with van der Waals surface area (Å²) in [7, 11) is 0. The third-order valence-corrected chi connectivity index (χ3v) is 5.86. The number of carbonyl (C=O) groups is 1. The van der Waals surface area contributed by atoms with Crippen LogP contribution in [-0.4, -0.2) is 27.5 Å². The van der Waals surface area contributed by atoms with Crippen LogP contribution in [0.3, 0.4) is 0 Å². The summed E-state index contributed by atoms with van der Waals surface area (Å²) >= 11 is 0. The Labute approximate surface area is 187 Å².